The number of hydrogen-bond acceptors (Lipinski definition) is 3. The molecule has 5 heteroatoms. The highest BCUT2D eigenvalue weighted by Gasteiger charge is 2.18. The fourth-order valence-electron chi connectivity index (χ4n) is 1.69. The van der Waals surface area contributed by atoms with Gasteiger partial charge in [-0.2, -0.15) is 0 Å². The molecule has 2 atom stereocenters. The zero-order chi connectivity index (χ0) is 13.0. The van der Waals surface area contributed by atoms with E-state index in [4.69, 9.17) is 0 Å². The molecule has 0 aliphatic carbocycles. The largest absolute Gasteiger partial charge is 0.317 e. The maximum absolute atomic E-state index is 11.0. The summed E-state index contributed by atoms with van der Waals surface area (Å²) in [6.45, 7) is 4.17. The summed E-state index contributed by atoms with van der Waals surface area (Å²) in [5, 5.41) is 14.1. The first kappa shape index (κ1) is 14.1. The number of benzene rings is 1. The van der Waals surface area contributed by atoms with Crippen molar-refractivity contribution in [3.63, 3.8) is 0 Å². The highest BCUT2D eigenvalue weighted by atomic mass is 79.9. The molecule has 0 bridgehead atoms. The van der Waals surface area contributed by atoms with Crippen LogP contribution in [0.25, 0.3) is 0 Å². The van der Waals surface area contributed by atoms with Crippen LogP contribution in [-0.4, -0.2) is 18.0 Å². The number of halogens is 1. The second-order valence-corrected chi connectivity index (χ2v) is 5.20. The van der Waals surface area contributed by atoms with Gasteiger partial charge in [-0.1, -0.05) is 28.9 Å². The summed E-state index contributed by atoms with van der Waals surface area (Å²) in [4.78, 5) is 10.6. The van der Waals surface area contributed by atoms with Gasteiger partial charge in [0.25, 0.3) is 5.69 Å². The van der Waals surface area contributed by atoms with Crippen LogP contribution in [0.15, 0.2) is 22.7 Å². The Morgan fingerprint density at radius 3 is 2.65 bits per heavy atom. The van der Waals surface area contributed by atoms with Crippen molar-refractivity contribution in [3.8, 4) is 0 Å². The molecule has 0 saturated heterocycles. The number of nitrogens with zero attached hydrogens (tertiary/aromatic N) is 1. The Morgan fingerprint density at radius 2 is 2.12 bits per heavy atom. The van der Waals surface area contributed by atoms with Gasteiger partial charge < -0.3 is 5.32 Å². The van der Waals surface area contributed by atoms with Crippen molar-refractivity contribution in [1.82, 2.24) is 5.32 Å². The molecule has 1 N–H and O–H groups in total. The van der Waals surface area contributed by atoms with E-state index >= 15 is 0 Å². The van der Waals surface area contributed by atoms with Gasteiger partial charge in [0.1, 0.15) is 0 Å². The molecule has 1 aromatic carbocycles. The number of nitro groups is 1. The average Bonchev–Trinajstić information content (AvgIpc) is 2.29. The van der Waals surface area contributed by atoms with Crippen molar-refractivity contribution in [1.29, 1.82) is 0 Å². The van der Waals surface area contributed by atoms with Crippen LogP contribution in [0, 0.1) is 16.0 Å². The van der Waals surface area contributed by atoms with Crippen molar-refractivity contribution >= 4 is 21.6 Å². The van der Waals surface area contributed by atoms with Crippen LogP contribution in [0.1, 0.15) is 19.4 Å². The highest BCUT2D eigenvalue weighted by Crippen LogP contribution is 2.26. The first-order chi connectivity index (χ1) is 7.95. The molecule has 0 saturated carbocycles. The third-order valence-corrected chi connectivity index (χ3v) is 3.59. The summed E-state index contributed by atoms with van der Waals surface area (Å²) in [5.41, 5.74) is 0.974. The van der Waals surface area contributed by atoms with Crippen LogP contribution in [0.5, 0.6) is 0 Å². The molecular weight excluding hydrogens is 284 g/mol. The van der Waals surface area contributed by atoms with Crippen molar-refractivity contribution in [2.24, 2.45) is 5.92 Å². The zero-order valence-electron chi connectivity index (χ0n) is 10.2. The van der Waals surface area contributed by atoms with Gasteiger partial charge in [0.2, 0.25) is 0 Å². The minimum absolute atomic E-state index is 0.189. The van der Waals surface area contributed by atoms with Crippen LogP contribution >= 0.6 is 15.9 Å². The fourth-order valence-corrected chi connectivity index (χ4v) is 2.04. The maximum Gasteiger partial charge on any atom is 0.273 e. The average molecular weight is 301 g/mol. The van der Waals surface area contributed by atoms with Crippen molar-refractivity contribution in [2.75, 3.05) is 7.05 Å². The lowest BCUT2D eigenvalue weighted by atomic mass is 9.94. The minimum Gasteiger partial charge on any atom is -0.317 e. The van der Waals surface area contributed by atoms with Gasteiger partial charge >= 0.3 is 0 Å². The molecule has 0 spiro atoms. The van der Waals surface area contributed by atoms with E-state index < -0.39 is 0 Å². The Hall–Kier alpha value is -0.940. The maximum atomic E-state index is 11.0. The van der Waals surface area contributed by atoms with E-state index in [0.717, 1.165) is 10.0 Å². The van der Waals surface area contributed by atoms with Gasteiger partial charge in [-0.3, -0.25) is 10.1 Å². The van der Waals surface area contributed by atoms with E-state index in [1.54, 1.807) is 6.07 Å². The first-order valence-corrected chi connectivity index (χ1v) is 6.35. The van der Waals surface area contributed by atoms with E-state index in [9.17, 15) is 10.1 Å². The molecule has 0 fully saturated rings. The predicted octanol–water partition coefficient (Wildman–Crippen LogP) is 3.14. The molecule has 94 valence electrons. The van der Waals surface area contributed by atoms with E-state index in [-0.39, 0.29) is 10.6 Å². The van der Waals surface area contributed by atoms with Crippen molar-refractivity contribution in [2.45, 2.75) is 26.3 Å². The predicted molar refractivity (Wildman–Crippen MR) is 72.2 cm³/mol. The number of hydrogen-bond donors (Lipinski definition) is 1. The van der Waals surface area contributed by atoms with Crippen molar-refractivity contribution in [3.05, 3.63) is 38.3 Å². The van der Waals surface area contributed by atoms with Gasteiger partial charge in [0.15, 0.2) is 0 Å². The summed E-state index contributed by atoms with van der Waals surface area (Å²) < 4.78 is 0.738. The summed E-state index contributed by atoms with van der Waals surface area (Å²) in [5.74, 6) is 0.347. The molecule has 1 aromatic rings. The highest BCUT2D eigenvalue weighted by molar-refractivity contribution is 9.10. The summed E-state index contributed by atoms with van der Waals surface area (Å²) >= 11 is 3.26. The third kappa shape index (κ3) is 3.78. The Morgan fingerprint density at radius 1 is 1.47 bits per heavy atom. The van der Waals surface area contributed by atoms with Crippen LogP contribution in [-0.2, 0) is 6.42 Å². The van der Waals surface area contributed by atoms with Crippen LogP contribution < -0.4 is 5.32 Å². The Kier molecular flexibility index (Phi) is 5.08. The monoisotopic (exact) mass is 300 g/mol. The lowest BCUT2D eigenvalue weighted by Gasteiger charge is -2.19. The molecule has 0 aliphatic rings. The Balaban J connectivity index is 2.94. The van der Waals surface area contributed by atoms with Crippen LogP contribution in [0.4, 0.5) is 5.69 Å². The molecule has 0 amide bonds. The zero-order valence-corrected chi connectivity index (χ0v) is 11.8. The Bertz CT molecular complexity index is 409. The molecule has 2 unspecified atom stereocenters. The number of nitrogens with one attached hydrogen (secondary N) is 1. The van der Waals surface area contributed by atoms with Gasteiger partial charge in [-0.05, 0) is 32.4 Å². The SMILES string of the molecule is CNC(C)C(C)Cc1ccc(Br)cc1[N+](=O)[O-]. The molecule has 0 aliphatic heterocycles. The molecule has 4 nitrogen and oxygen atoms in total. The smallest absolute Gasteiger partial charge is 0.273 e. The topological polar surface area (TPSA) is 55.2 Å². The van der Waals surface area contributed by atoms with Gasteiger partial charge in [-0.25, -0.2) is 0 Å². The first-order valence-electron chi connectivity index (χ1n) is 5.55. The van der Waals surface area contributed by atoms with Gasteiger partial charge in [0.05, 0.1) is 4.92 Å². The molecular formula is C12H17BrN2O2. The molecule has 0 aromatic heterocycles. The van der Waals surface area contributed by atoms with Crippen molar-refractivity contribution < 1.29 is 4.92 Å². The summed E-state index contributed by atoms with van der Waals surface area (Å²) in [6, 6.07) is 5.56. The number of rotatable bonds is 5. The van der Waals surface area contributed by atoms with E-state index in [1.165, 1.54) is 0 Å². The fraction of sp³-hybridized carbons (Fsp3) is 0.500. The normalized spacial score (nSPS) is 14.4. The number of nitro benzene ring substituents is 1. The summed E-state index contributed by atoms with van der Waals surface area (Å²) in [6.07, 6.45) is 0.700. The van der Waals surface area contributed by atoms with E-state index in [0.29, 0.717) is 18.4 Å². The second-order valence-electron chi connectivity index (χ2n) is 4.29. The van der Waals surface area contributed by atoms with Crippen LogP contribution in [0.2, 0.25) is 0 Å². The molecule has 0 radical (unpaired) electrons. The standard InChI is InChI=1S/C12H17BrN2O2/c1-8(9(2)14-3)6-10-4-5-11(13)7-12(10)15(16)17/h4-5,7-9,14H,6H2,1-3H3. The van der Waals surface area contributed by atoms with E-state index in [1.807, 2.05) is 19.2 Å². The quantitative estimate of drug-likeness (QED) is 0.671. The van der Waals surface area contributed by atoms with E-state index in [2.05, 4.69) is 35.1 Å². The lowest BCUT2D eigenvalue weighted by molar-refractivity contribution is -0.385. The second kappa shape index (κ2) is 6.12. The lowest BCUT2D eigenvalue weighted by Crippen LogP contribution is -2.30. The molecule has 1 rings (SSSR count). The Labute approximate surface area is 110 Å². The third-order valence-electron chi connectivity index (χ3n) is 3.09. The molecule has 17 heavy (non-hydrogen) atoms. The minimum atomic E-state index is -0.323. The van der Waals surface area contributed by atoms with Crippen LogP contribution in [0.3, 0.4) is 0 Å². The summed E-state index contributed by atoms with van der Waals surface area (Å²) in [7, 11) is 1.90. The van der Waals surface area contributed by atoms with Gasteiger partial charge in [0, 0.05) is 22.1 Å². The molecule has 0 heterocycles. The van der Waals surface area contributed by atoms with Gasteiger partial charge in [-0.15, -0.1) is 0 Å².